The Bertz CT molecular complexity index is 556. The third kappa shape index (κ3) is 1.94. The van der Waals surface area contributed by atoms with E-state index in [1.54, 1.807) is 0 Å². The normalized spacial score (nSPS) is 10.3. The van der Waals surface area contributed by atoms with Crippen molar-refractivity contribution >= 4 is 17.1 Å². The number of nitrogens with one attached hydrogen (secondary N) is 1. The molecule has 0 amide bonds. The molecule has 1 heterocycles. The maximum atomic E-state index is 11.6. The van der Waals surface area contributed by atoms with Crippen molar-refractivity contribution in [1.82, 2.24) is 14.8 Å². The molecule has 0 bridgehead atoms. The van der Waals surface area contributed by atoms with E-state index < -0.39 is 0 Å². The lowest BCUT2D eigenvalue weighted by Crippen LogP contribution is -2.15. The van der Waals surface area contributed by atoms with Gasteiger partial charge in [-0.3, -0.25) is 4.98 Å². The summed E-state index contributed by atoms with van der Waals surface area (Å²) in [6.45, 7) is 1.93. The van der Waals surface area contributed by atoms with Crippen LogP contribution in [0.5, 0.6) is 0 Å². The highest BCUT2D eigenvalue weighted by molar-refractivity contribution is 7.80. The number of thiocarbonyl (C=S) groups is 1. The van der Waals surface area contributed by atoms with Crippen molar-refractivity contribution < 1.29 is 0 Å². The maximum Gasteiger partial charge on any atom is 0.348 e. The van der Waals surface area contributed by atoms with Crippen LogP contribution in [0.4, 0.5) is 0 Å². The molecule has 0 saturated carbocycles. The van der Waals surface area contributed by atoms with Crippen LogP contribution in [0.2, 0.25) is 0 Å². The van der Waals surface area contributed by atoms with Crippen molar-refractivity contribution in [3.05, 3.63) is 46.6 Å². The van der Waals surface area contributed by atoms with Gasteiger partial charge in [0.1, 0.15) is 0 Å². The maximum absolute atomic E-state index is 11.6. The van der Waals surface area contributed by atoms with Gasteiger partial charge < -0.3 is 0 Å². The number of hydrogen-bond donors (Lipinski definition) is 1. The van der Waals surface area contributed by atoms with E-state index in [0.29, 0.717) is 17.1 Å². The van der Waals surface area contributed by atoms with Crippen molar-refractivity contribution in [2.75, 3.05) is 0 Å². The van der Waals surface area contributed by atoms with Crippen LogP contribution in [0.1, 0.15) is 19.2 Å². The fraction of sp³-hybridized carbons (Fsp3) is 0.182. The van der Waals surface area contributed by atoms with Crippen LogP contribution in [0.3, 0.4) is 0 Å². The first-order valence-electron chi connectivity index (χ1n) is 5.00. The fourth-order valence-electron chi connectivity index (χ4n) is 1.36. The Morgan fingerprint density at radius 2 is 2.12 bits per heavy atom. The third-order valence-electron chi connectivity index (χ3n) is 2.20. The van der Waals surface area contributed by atoms with Gasteiger partial charge >= 0.3 is 5.69 Å². The van der Waals surface area contributed by atoms with Gasteiger partial charge in [0.2, 0.25) is 0 Å². The highest BCUT2D eigenvalue weighted by atomic mass is 32.1. The van der Waals surface area contributed by atoms with Gasteiger partial charge in [-0.1, -0.05) is 37.3 Å². The summed E-state index contributed by atoms with van der Waals surface area (Å²) in [5.41, 5.74) is 0.464. The van der Waals surface area contributed by atoms with Crippen LogP contribution in [0, 0.1) is 0 Å². The summed E-state index contributed by atoms with van der Waals surface area (Å²) in [5, 5.41) is 4.16. The van der Waals surface area contributed by atoms with E-state index in [9.17, 15) is 4.79 Å². The van der Waals surface area contributed by atoms with E-state index in [1.807, 2.05) is 37.3 Å². The molecule has 2 rings (SSSR count). The van der Waals surface area contributed by atoms with Crippen LogP contribution >= 0.6 is 12.2 Å². The van der Waals surface area contributed by atoms with E-state index in [0.717, 1.165) is 5.69 Å². The molecule has 0 aliphatic heterocycles. The molecule has 2 aromatic rings. The van der Waals surface area contributed by atoms with Gasteiger partial charge in [0.05, 0.1) is 10.6 Å². The summed E-state index contributed by atoms with van der Waals surface area (Å²) in [6, 6.07) is 9.24. The molecule has 1 aromatic carbocycles. The molecule has 0 aliphatic carbocycles. The highest BCUT2D eigenvalue weighted by Gasteiger charge is 2.08. The van der Waals surface area contributed by atoms with Crippen molar-refractivity contribution in [3.8, 4) is 5.69 Å². The second kappa shape index (κ2) is 4.40. The number of aromatic nitrogens is 3. The lowest BCUT2D eigenvalue weighted by atomic mass is 10.3. The minimum absolute atomic E-state index is 0.267. The van der Waals surface area contributed by atoms with E-state index in [-0.39, 0.29) is 5.69 Å². The van der Waals surface area contributed by atoms with E-state index in [1.165, 1.54) is 4.68 Å². The van der Waals surface area contributed by atoms with Crippen molar-refractivity contribution in [1.29, 1.82) is 0 Å². The first kappa shape index (κ1) is 10.8. The highest BCUT2D eigenvalue weighted by Crippen LogP contribution is 2.03. The standard InChI is InChI=1S/C11H11N3OS/c1-2-9(16)10-12-11(15)14(13-10)8-6-4-3-5-7-8/h3-7H,2H2,1H3,(H,12,13,15). The van der Waals surface area contributed by atoms with Crippen molar-refractivity contribution in [2.24, 2.45) is 0 Å². The smallest absolute Gasteiger partial charge is 0.288 e. The zero-order valence-electron chi connectivity index (χ0n) is 8.80. The Balaban J connectivity index is 2.48. The number of rotatable bonds is 3. The predicted molar refractivity (Wildman–Crippen MR) is 66.2 cm³/mol. The Morgan fingerprint density at radius 3 is 2.75 bits per heavy atom. The molecule has 0 atom stereocenters. The zero-order valence-corrected chi connectivity index (χ0v) is 9.62. The molecule has 0 aliphatic rings. The largest absolute Gasteiger partial charge is 0.348 e. The van der Waals surface area contributed by atoms with Crippen molar-refractivity contribution in [3.63, 3.8) is 0 Å². The molecule has 82 valence electrons. The van der Waals surface area contributed by atoms with Crippen molar-refractivity contribution in [2.45, 2.75) is 13.3 Å². The Morgan fingerprint density at radius 1 is 1.44 bits per heavy atom. The third-order valence-corrected chi connectivity index (χ3v) is 2.69. The molecular weight excluding hydrogens is 222 g/mol. The summed E-state index contributed by atoms with van der Waals surface area (Å²) >= 11 is 5.10. The van der Waals surface area contributed by atoms with E-state index in [2.05, 4.69) is 10.1 Å². The minimum atomic E-state index is -0.267. The van der Waals surface area contributed by atoms with Crippen LogP contribution < -0.4 is 5.69 Å². The van der Waals surface area contributed by atoms with Crippen LogP contribution in [-0.2, 0) is 0 Å². The number of aromatic amines is 1. The van der Waals surface area contributed by atoms with Gasteiger partial charge in [-0.2, -0.15) is 4.68 Å². The summed E-state index contributed by atoms with van der Waals surface area (Å²) in [6.07, 6.45) is 0.692. The Kier molecular flexibility index (Phi) is 2.96. The molecule has 1 N–H and O–H groups in total. The predicted octanol–water partition coefficient (Wildman–Crippen LogP) is 1.69. The summed E-state index contributed by atoms with van der Waals surface area (Å²) < 4.78 is 1.32. The minimum Gasteiger partial charge on any atom is -0.288 e. The van der Waals surface area contributed by atoms with Gasteiger partial charge in [-0.05, 0) is 18.6 Å². The monoisotopic (exact) mass is 233 g/mol. The number of benzene rings is 1. The molecule has 5 heteroatoms. The zero-order chi connectivity index (χ0) is 11.5. The lowest BCUT2D eigenvalue weighted by Gasteiger charge is -1.97. The average Bonchev–Trinajstić information content (AvgIpc) is 2.71. The van der Waals surface area contributed by atoms with E-state index >= 15 is 0 Å². The van der Waals surface area contributed by atoms with Gasteiger partial charge in [-0.15, -0.1) is 5.10 Å². The molecule has 0 fully saturated rings. The van der Waals surface area contributed by atoms with Gasteiger partial charge in [0.25, 0.3) is 0 Å². The summed E-state index contributed by atoms with van der Waals surface area (Å²) in [4.78, 5) is 15.0. The molecule has 0 saturated heterocycles. The first-order chi connectivity index (χ1) is 7.72. The molecule has 0 unspecified atom stereocenters. The molecule has 0 radical (unpaired) electrons. The topological polar surface area (TPSA) is 50.7 Å². The molecule has 0 spiro atoms. The van der Waals surface area contributed by atoms with E-state index in [4.69, 9.17) is 12.2 Å². The summed E-state index contributed by atoms with van der Waals surface area (Å²) in [5.74, 6) is 0.478. The SMILES string of the molecule is CCC(=S)c1nn(-c2ccccc2)c(=O)[nH]1. The van der Waals surface area contributed by atoms with Crippen LogP contribution in [0.25, 0.3) is 5.69 Å². The number of para-hydroxylation sites is 1. The number of hydrogen-bond acceptors (Lipinski definition) is 3. The van der Waals surface area contributed by atoms with Gasteiger partial charge in [0.15, 0.2) is 5.82 Å². The molecule has 1 aromatic heterocycles. The first-order valence-corrected chi connectivity index (χ1v) is 5.41. The number of H-pyrrole nitrogens is 1. The van der Waals surface area contributed by atoms with Gasteiger partial charge in [0, 0.05) is 0 Å². The number of nitrogens with zero attached hydrogens (tertiary/aromatic N) is 2. The average molecular weight is 233 g/mol. The van der Waals surface area contributed by atoms with Gasteiger partial charge in [-0.25, -0.2) is 4.79 Å². The molecule has 4 nitrogen and oxygen atoms in total. The Hall–Kier alpha value is -1.75. The van der Waals surface area contributed by atoms with Crippen LogP contribution in [-0.4, -0.2) is 19.6 Å². The second-order valence-electron chi connectivity index (χ2n) is 3.30. The lowest BCUT2D eigenvalue weighted by molar-refractivity contribution is 0.840. The quantitative estimate of drug-likeness (QED) is 0.648. The Labute approximate surface area is 97.9 Å². The fourth-order valence-corrected chi connectivity index (χ4v) is 1.45. The second-order valence-corrected chi connectivity index (χ2v) is 3.80. The summed E-state index contributed by atoms with van der Waals surface area (Å²) in [7, 11) is 0. The molecule has 16 heavy (non-hydrogen) atoms. The molecular formula is C11H11N3OS. The van der Waals surface area contributed by atoms with Crippen LogP contribution in [0.15, 0.2) is 35.1 Å².